The molecule has 3 aromatic rings. The van der Waals surface area contributed by atoms with Crippen molar-refractivity contribution in [1.29, 1.82) is 0 Å². The van der Waals surface area contributed by atoms with E-state index in [2.05, 4.69) is 31.0 Å². The molecule has 2 heterocycles. The van der Waals surface area contributed by atoms with E-state index in [0.717, 1.165) is 60.9 Å². The van der Waals surface area contributed by atoms with Gasteiger partial charge in [-0.25, -0.2) is 13.4 Å². The number of rotatable bonds is 11. The molecule has 0 spiro atoms. The highest BCUT2D eigenvalue weighted by Crippen LogP contribution is 2.42. The Morgan fingerprint density at radius 2 is 1.79 bits per heavy atom. The Morgan fingerprint density at radius 3 is 2.46 bits per heavy atom. The largest absolute Gasteiger partial charge is 0.493 e. The fraction of sp³-hybridized carbons (Fsp3) is 0.400. The van der Waals surface area contributed by atoms with Crippen LogP contribution in [0.5, 0.6) is 11.6 Å². The summed E-state index contributed by atoms with van der Waals surface area (Å²) in [7, 11) is -3.01. The van der Waals surface area contributed by atoms with Crippen molar-refractivity contribution < 1.29 is 27.8 Å². The first-order valence-electron chi connectivity index (χ1n) is 12.9. The van der Waals surface area contributed by atoms with E-state index < -0.39 is 15.8 Å². The van der Waals surface area contributed by atoms with Crippen molar-refractivity contribution in [2.75, 3.05) is 24.4 Å². The average Bonchev–Trinajstić information content (AvgIpc) is 3.27. The number of ether oxygens (including phenoxy) is 2. The first kappa shape index (κ1) is 29.0. The Bertz CT molecular complexity index is 1470. The molecular formula is C30H35NO6S2. The van der Waals surface area contributed by atoms with E-state index in [9.17, 15) is 13.2 Å². The third kappa shape index (κ3) is 6.94. The SMILES string of the molecule is Cc1c(C)c(-c2cccc(COc3cc4c(cn3)[C@@H](CC(=O)O)CS4)c2)c(C)c(C)c1OCCCS(C)(=O)=O. The number of benzene rings is 2. The maximum absolute atomic E-state index is 11.4. The Hall–Kier alpha value is -3.04. The van der Waals surface area contributed by atoms with Gasteiger partial charge in [0, 0.05) is 35.1 Å². The highest BCUT2D eigenvalue weighted by Gasteiger charge is 2.26. The molecule has 1 aliphatic heterocycles. The minimum Gasteiger partial charge on any atom is -0.493 e. The number of carboxylic acids is 1. The number of sulfone groups is 1. The average molecular weight is 570 g/mol. The van der Waals surface area contributed by atoms with Crippen LogP contribution >= 0.6 is 11.8 Å². The Labute approximate surface area is 234 Å². The number of thioether (sulfide) groups is 1. The summed E-state index contributed by atoms with van der Waals surface area (Å²) in [6.45, 7) is 8.99. The summed E-state index contributed by atoms with van der Waals surface area (Å²) in [6.07, 6.45) is 3.56. The molecule has 1 atom stereocenters. The van der Waals surface area contributed by atoms with Gasteiger partial charge in [0.1, 0.15) is 22.2 Å². The standard InChI is InChI=1S/C30H35NO6S2/c1-18-20(3)30(36-10-7-11-39(5,34)35)21(4)19(2)29(18)23-9-6-8-22(12-23)16-37-27-14-26-25(15-31-27)24(17-38-26)13-28(32)33/h6,8-9,12,14-15,24H,7,10-11,13,16-17H2,1-5H3,(H,32,33)/t24-/m0/s1. The predicted octanol–water partition coefficient (Wildman–Crippen LogP) is 6.04. The van der Waals surface area contributed by atoms with E-state index >= 15 is 0 Å². The molecule has 0 radical (unpaired) electrons. The second-order valence-electron chi connectivity index (χ2n) is 10.2. The van der Waals surface area contributed by atoms with E-state index in [4.69, 9.17) is 14.6 Å². The van der Waals surface area contributed by atoms with Crippen LogP contribution in [0.2, 0.25) is 0 Å². The highest BCUT2D eigenvalue weighted by atomic mass is 32.2. The van der Waals surface area contributed by atoms with E-state index in [0.29, 0.717) is 25.5 Å². The molecule has 1 aromatic heterocycles. The minimum atomic E-state index is -3.01. The molecule has 0 bridgehead atoms. The summed E-state index contributed by atoms with van der Waals surface area (Å²) in [5.41, 5.74) is 8.61. The molecule has 39 heavy (non-hydrogen) atoms. The molecular weight excluding hydrogens is 534 g/mol. The van der Waals surface area contributed by atoms with Crippen molar-refractivity contribution in [2.24, 2.45) is 0 Å². The summed E-state index contributed by atoms with van der Waals surface area (Å²) in [6, 6.07) is 10.2. The number of hydrogen-bond donors (Lipinski definition) is 1. The van der Waals surface area contributed by atoms with E-state index in [1.165, 1.54) is 6.26 Å². The van der Waals surface area contributed by atoms with Crippen LogP contribution in [-0.4, -0.2) is 48.8 Å². The molecule has 1 N–H and O–H groups in total. The van der Waals surface area contributed by atoms with Crippen LogP contribution in [0.3, 0.4) is 0 Å². The number of aromatic nitrogens is 1. The van der Waals surface area contributed by atoms with Crippen LogP contribution in [0.4, 0.5) is 0 Å². The van der Waals surface area contributed by atoms with Crippen LogP contribution in [-0.2, 0) is 21.2 Å². The molecule has 0 fully saturated rings. The second kappa shape index (κ2) is 12.0. The van der Waals surface area contributed by atoms with Crippen molar-refractivity contribution in [3.05, 3.63) is 69.9 Å². The predicted molar refractivity (Wildman–Crippen MR) is 155 cm³/mol. The Morgan fingerprint density at radius 1 is 1.08 bits per heavy atom. The molecule has 0 saturated carbocycles. The van der Waals surface area contributed by atoms with Crippen LogP contribution in [0, 0.1) is 27.7 Å². The normalized spacial score (nSPS) is 14.7. The van der Waals surface area contributed by atoms with Crippen LogP contribution in [0.15, 0.2) is 41.4 Å². The van der Waals surface area contributed by atoms with Crippen molar-refractivity contribution in [3.8, 4) is 22.8 Å². The van der Waals surface area contributed by atoms with Gasteiger partial charge in [-0.2, -0.15) is 0 Å². The van der Waals surface area contributed by atoms with Crippen molar-refractivity contribution in [2.45, 2.75) is 58.0 Å². The van der Waals surface area contributed by atoms with Gasteiger partial charge in [-0.1, -0.05) is 18.2 Å². The van der Waals surface area contributed by atoms with Gasteiger partial charge < -0.3 is 14.6 Å². The fourth-order valence-electron chi connectivity index (χ4n) is 5.00. The number of carboxylic acid groups (broad SMARTS) is 1. The summed E-state index contributed by atoms with van der Waals surface area (Å²) >= 11 is 1.65. The third-order valence-corrected chi connectivity index (χ3v) is 9.50. The molecule has 208 valence electrons. The number of fused-ring (bicyclic) bond motifs is 1. The van der Waals surface area contributed by atoms with Gasteiger partial charge in [-0.15, -0.1) is 11.8 Å². The summed E-state index contributed by atoms with van der Waals surface area (Å²) in [4.78, 5) is 16.6. The molecule has 0 unspecified atom stereocenters. The fourth-order valence-corrected chi connectivity index (χ4v) is 6.89. The van der Waals surface area contributed by atoms with Crippen molar-refractivity contribution >= 4 is 27.6 Å². The number of aliphatic carboxylic acids is 1. The minimum absolute atomic E-state index is 0.0107. The van der Waals surface area contributed by atoms with Crippen molar-refractivity contribution in [1.82, 2.24) is 4.98 Å². The maximum Gasteiger partial charge on any atom is 0.303 e. The van der Waals surface area contributed by atoms with Gasteiger partial charge in [-0.05, 0) is 84.7 Å². The zero-order valence-corrected chi connectivity index (χ0v) is 24.7. The zero-order valence-electron chi connectivity index (χ0n) is 23.0. The molecule has 1 aliphatic rings. The molecule has 7 nitrogen and oxygen atoms in total. The summed E-state index contributed by atoms with van der Waals surface area (Å²) in [5.74, 6) is 1.41. The van der Waals surface area contributed by atoms with E-state index in [1.54, 1.807) is 18.0 Å². The molecule has 0 amide bonds. The highest BCUT2D eigenvalue weighted by molar-refractivity contribution is 7.99. The first-order chi connectivity index (χ1) is 18.4. The topological polar surface area (TPSA) is 103 Å². The lowest BCUT2D eigenvalue weighted by Gasteiger charge is -2.21. The molecule has 0 saturated heterocycles. The van der Waals surface area contributed by atoms with Gasteiger partial charge in [0.25, 0.3) is 0 Å². The Balaban J connectivity index is 1.49. The summed E-state index contributed by atoms with van der Waals surface area (Å²) < 4.78 is 35.0. The second-order valence-corrected chi connectivity index (χ2v) is 13.5. The smallest absolute Gasteiger partial charge is 0.303 e. The van der Waals surface area contributed by atoms with Gasteiger partial charge in [-0.3, -0.25) is 4.79 Å². The first-order valence-corrected chi connectivity index (χ1v) is 16.0. The lowest BCUT2D eigenvalue weighted by atomic mass is 9.88. The van der Waals surface area contributed by atoms with Gasteiger partial charge in [0.15, 0.2) is 0 Å². The lowest BCUT2D eigenvalue weighted by Crippen LogP contribution is -2.10. The Kier molecular flexibility index (Phi) is 8.91. The van der Waals surface area contributed by atoms with Gasteiger partial charge in [0.2, 0.25) is 5.88 Å². The third-order valence-electron chi connectivity index (χ3n) is 7.24. The van der Waals surface area contributed by atoms with Gasteiger partial charge >= 0.3 is 5.97 Å². The quantitative estimate of drug-likeness (QED) is 0.279. The monoisotopic (exact) mass is 569 g/mol. The zero-order chi connectivity index (χ0) is 28.3. The maximum atomic E-state index is 11.4. The number of nitrogens with zero attached hydrogens (tertiary/aromatic N) is 1. The molecule has 0 aliphatic carbocycles. The molecule has 4 rings (SSSR count). The van der Waals surface area contributed by atoms with E-state index in [1.807, 2.05) is 32.0 Å². The van der Waals surface area contributed by atoms with Crippen LogP contribution < -0.4 is 9.47 Å². The van der Waals surface area contributed by atoms with Crippen molar-refractivity contribution in [3.63, 3.8) is 0 Å². The van der Waals surface area contributed by atoms with Crippen LogP contribution in [0.1, 0.15) is 52.1 Å². The van der Waals surface area contributed by atoms with E-state index in [-0.39, 0.29) is 18.1 Å². The molecule has 9 heteroatoms. The summed E-state index contributed by atoms with van der Waals surface area (Å²) in [5, 5.41) is 9.14. The molecule has 2 aromatic carbocycles. The van der Waals surface area contributed by atoms with Gasteiger partial charge in [0.05, 0.1) is 18.8 Å². The lowest BCUT2D eigenvalue weighted by molar-refractivity contribution is -0.137. The number of carbonyl (C=O) groups is 1. The number of hydrogen-bond acceptors (Lipinski definition) is 7. The number of pyridine rings is 1. The van der Waals surface area contributed by atoms with Crippen LogP contribution in [0.25, 0.3) is 11.1 Å².